The highest BCUT2D eigenvalue weighted by molar-refractivity contribution is 5.17. The predicted molar refractivity (Wildman–Crippen MR) is 112 cm³/mol. The van der Waals surface area contributed by atoms with E-state index in [1.54, 1.807) is 0 Å². The van der Waals surface area contributed by atoms with Crippen LogP contribution in [0.2, 0.25) is 0 Å². The molecule has 0 rings (SSSR count). The molecule has 0 saturated carbocycles. The first kappa shape index (κ1) is 24.2. The monoisotopic (exact) mass is 348 g/mol. The number of hydrogen-bond donors (Lipinski definition) is 0. The van der Waals surface area contributed by atoms with Gasteiger partial charge >= 0.3 is 0 Å². The van der Waals surface area contributed by atoms with Crippen LogP contribution >= 0.6 is 0 Å². The van der Waals surface area contributed by atoms with E-state index in [0.29, 0.717) is 5.57 Å². The van der Waals surface area contributed by atoms with Gasteiger partial charge in [0.1, 0.15) is 0 Å². The Bertz CT molecular complexity index is 329. The molecular weight excluding hydrogens is 304 g/mol. The minimum Gasteiger partial charge on any atom is -0.301 e. The van der Waals surface area contributed by atoms with Crippen molar-refractivity contribution in [2.24, 2.45) is 0 Å². The van der Waals surface area contributed by atoms with E-state index >= 15 is 0 Å². The third-order valence-corrected chi connectivity index (χ3v) is 5.01. The lowest BCUT2D eigenvalue weighted by Gasteiger charge is -2.15. The Hall–Kier alpha value is -0.810. The average molecular weight is 349 g/mol. The Morgan fingerprint density at radius 1 is 0.720 bits per heavy atom. The number of likely N-dealkylation sites (N-methyl/N-ethyl adjacent to an activating group) is 1. The summed E-state index contributed by atoms with van der Waals surface area (Å²) in [5, 5.41) is 8.72. The average Bonchev–Trinajstić information content (AvgIpc) is 2.61. The van der Waals surface area contributed by atoms with Crippen molar-refractivity contribution in [3.8, 4) is 6.07 Å². The molecule has 0 radical (unpaired) electrons. The molecule has 0 saturated heterocycles. The van der Waals surface area contributed by atoms with E-state index in [2.05, 4.69) is 31.5 Å². The number of nitriles is 1. The molecule has 25 heavy (non-hydrogen) atoms. The molecule has 2 heteroatoms. The zero-order valence-electron chi connectivity index (χ0n) is 17.3. The molecule has 146 valence electrons. The highest BCUT2D eigenvalue weighted by Crippen LogP contribution is 2.13. The second kappa shape index (κ2) is 19.5. The number of hydrogen-bond acceptors (Lipinski definition) is 2. The fourth-order valence-electron chi connectivity index (χ4n) is 3.37. The van der Waals surface area contributed by atoms with Crippen molar-refractivity contribution >= 4 is 0 Å². The van der Waals surface area contributed by atoms with Gasteiger partial charge in [0, 0.05) is 12.1 Å². The van der Waals surface area contributed by atoms with E-state index < -0.39 is 0 Å². The van der Waals surface area contributed by atoms with Crippen LogP contribution in [-0.2, 0) is 0 Å². The first-order chi connectivity index (χ1) is 12.2. The van der Waals surface area contributed by atoms with Crippen molar-refractivity contribution in [1.82, 2.24) is 4.90 Å². The summed E-state index contributed by atoms with van der Waals surface area (Å²) in [4.78, 5) is 2.20. The van der Waals surface area contributed by atoms with Crippen LogP contribution in [0.4, 0.5) is 0 Å². The SMILES string of the molecule is C=C(C#N)CN(C)CCCCCCCCCCCCCCCCCC. The molecule has 0 heterocycles. The van der Waals surface area contributed by atoms with Crippen LogP contribution in [0.3, 0.4) is 0 Å². The topological polar surface area (TPSA) is 27.0 Å². The van der Waals surface area contributed by atoms with E-state index in [4.69, 9.17) is 5.26 Å². The summed E-state index contributed by atoms with van der Waals surface area (Å²) in [6.45, 7) is 7.82. The molecule has 0 unspecified atom stereocenters. The van der Waals surface area contributed by atoms with Gasteiger partial charge in [-0.2, -0.15) is 5.26 Å². The molecule has 0 fully saturated rings. The van der Waals surface area contributed by atoms with Crippen LogP contribution in [0.1, 0.15) is 110 Å². The third kappa shape index (κ3) is 19.4. The van der Waals surface area contributed by atoms with Crippen LogP contribution in [-0.4, -0.2) is 25.0 Å². The molecule has 0 bridgehead atoms. The molecule has 0 aliphatic carbocycles. The summed E-state index contributed by atoms with van der Waals surface area (Å²) in [5.41, 5.74) is 0.666. The van der Waals surface area contributed by atoms with E-state index in [-0.39, 0.29) is 0 Å². The standard InChI is InChI=1S/C23H44N2/c1-4-5-6-7-8-9-10-11-12-13-14-15-16-17-18-19-20-25(3)22-23(2)21-24/h2,4-20,22H2,1,3H3. The molecule has 0 aliphatic rings. The quantitative estimate of drug-likeness (QED) is 0.181. The Kier molecular flexibility index (Phi) is 18.9. The predicted octanol–water partition coefficient (Wildman–Crippen LogP) is 7.26. The van der Waals surface area contributed by atoms with E-state index in [1.165, 1.54) is 103 Å². The van der Waals surface area contributed by atoms with Crippen molar-refractivity contribution in [3.63, 3.8) is 0 Å². The number of unbranched alkanes of at least 4 members (excludes halogenated alkanes) is 15. The summed E-state index contributed by atoms with van der Waals surface area (Å²) in [5.74, 6) is 0. The molecule has 0 aromatic carbocycles. The molecular formula is C23H44N2. The lowest BCUT2D eigenvalue weighted by Crippen LogP contribution is -2.21. The van der Waals surface area contributed by atoms with Crippen molar-refractivity contribution in [3.05, 3.63) is 12.2 Å². The Labute approximate surface area is 158 Å². The zero-order valence-corrected chi connectivity index (χ0v) is 17.3. The number of nitrogens with zero attached hydrogens (tertiary/aromatic N) is 2. The summed E-state index contributed by atoms with van der Waals surface area (Å²) >= 11 is 0. The highest BCUT2D eigenvalue weighted by atomic mass is 15.1. The van der Waals surface area contributed by atoms with Gasteiger partial charge in [0.05, 0.1) is 6.07 Å². The van der Waals surface area contributed by atoms with Crippen molar-refractivity contribution in [2.45, 2.75) is 110 Å². The molecule has 0 aromatic heterocycles. The Balaban J connectivity index is 3.12. The van der Waals surface area contributed by atoms with Gasteiger partial charge < -0.3 is 4.90 Å². The van der Waals surface area contributed by atoms with Gasteiger partial charge in [-0.05, 0) is 20.0 Å². The van der Waals surface area contributed by atoms with Crippen molar-refractivity contribution in [2.75, 3.05) is 20.1 Å². The maximum Gasteiger partial charge on any atom is 0.0954 e. The van der Waals surface area contributed by atoms with Gasteiger partial charge in [0.2, 0.25) is 0 Å². The third-order valence-electron chi connectivity index (χ3n) is 5.01. The summed E-state index contributed by atoms with van der Waals surface area (Å²) in [6.07, 6.45) is 22.6. The molecule has 0 atom stereocenters. The van der Waals surface area contributed by atoms with E-state index in [9.17, 15) is 0 Å². The normalized spacial score (nSPS) is 11.0. The lowest BCUT2D eigenvalue weighted by molar-refractivity contribution is 0.352. The maximum absolute atomic E-state index is 8.72. The van der Waals surface area contributed by atoms with Crippen LogP contribution in [0.25, 0.3) is 0 Å². The Morgan fingerprint density at radius 2 is 1.08 bits per heavy atom. The van der Waals surface area contributed by atoms with Crippen molar-refractivity contribution in [1.29, 1.82) is 5.26 Å². The van der Waals surface area contributed by atoms with Crippen LogP contribution in [0, 0.1) is 11.3 Å². The second-order valence-corrected chi connectivity index (χ2v) is 7.76. The van der Waals surface area contributed by atoms with Gasteiger partial charge in [-0.3, -0.25) is 0 Å². The first-order valence-electron chi connectivity index (χ1n) is 11.0. The first-order valence-corrected chi connectivity index (χ1v) is 11.0. The van der Waals surface area contributed by atoms with Crippen LogP contribution < -0.4 is 0 Å². The summed E-state index contributed by atoms with van der Waals surface area (Å²) in [6, 6.07) is 2.12. The van der Waals surface area contributed by atoms with Crippen LogP contribution in [0.5, 0.6) is 0 Å². The van der Waals surface area contributed by atoms with E-state index in [0.717, 1.165) is 13.1 Å². The molecule has 0 aliphatic heterocycles. The molecule has 2 nitrogen and oxygen atoms in total. The fourth-order valence-corrected chi connectivity index (χ4v) is 3.37. The minimum absolute atomic E-state index is 0.666. The van der Waals surface area contributed by atoms with Gasteiger partial charge in [-0.1, -0.05) is 110 Å². The highest BCUT2D eigenvalue weighted by Gasteiger charge is 2.00. The largest absolute Gasteiger partial charge is 0.301 e. The van der Waals surface area contributed by atoms with E-state index in [1.807, 2.05) is 0 Å². The maximum atomic E-state index is 8.72. The molecule has 0 N–H and O–H groups in total. The van der Waals surface area contributed by atoms with Gasteiger partial charge in [0.15, 0.2) is 0 Å². The second-order valence-electron chi connectivity index (χ2n) is 7.76. The molecule has 0 amide bonds. The number of rotatable bonds is 19. The van der Waals surface area contributed by atoms with Gasteiger partial charge in [0.25, 0.3) is 0 Å². The zero-order chi connectivity index (χ0) is 18.6. The van der Waals surface area contributed by atoms with Gasteiger partial charge in [-0.25, -0.2) is 0 Å². The van der Waals surface area contributed by atoms with Gasteiger partial charge in [-0.15, -0.1) is 0 Å². The van der Waals surface area contributed by atoms with Crippen molar-refractivity contribution < 1.29 is 0 Å². The lowest BCUT2D eigenvalue weighted by atomic mass is 10.0. The Morgan fingerprint density at radius 3 is 1.44 bits per heavy atom. The summed E-state index contributed by atoms with van der Waals surface area (Å²) < 4.78 is 0. The smallest absolute Gasteiger partial charge is 0.0954 e. The molecule has 0 aromatic rings. The summed E-state index contributed by atoms with van der Waals surface area (Å²) in [7, 11) is 2.08. The molecule has 0 spiro atoms. The minimum atomic E-state index is 0.666. The van der Waals surface area contributed by atoms with Crippen LogP contribution in [0.15, 0.2) is 12.2 Å². The fraction of sp³-hybridized carbons (Fsp3) is 0.870.